The molecule has 0 bridgehead atoms. The van der Waals surface area contributed by atoms with Crippen LogP contribution in [0.15, 0.2) is 18.3 Å². The molecular formula is C12H13NO3. The Balaban J connectivity index is 2.53. The molecule has 0 radical (unpaired) electrons. The summed E-state index contributed by atoms with van der Waals surface area (Å²) in [6, 6.07) is 3.50. The Morgan fingerprint density at radius 3 is 2.88 bits per heavy atom. The maximum Gasteiger partial charge on any atom is 0.317 e. The first-order valence-electron chi connectivity index (χ1n) is 4.90. The van der Waals surface area contributed by atoms with Crippen LogP contribution in [0.4, 0.5) is 0 Å². The molecule has 0 fully saturated rings. The molecular weight excluding hydrogens is 206 g/mol. The average molecular weight is 219 g/mol. The number of rotatable bonds is 3. The van der Waals surface area contributed by atoms with Gasteiger partial charge in [0.15, 0.2) is 0 Å². The van der Waals surface area contributed by atoms with Gasteiger partial charge in [-0.2, -0.15) is 0 Å². The summed E-state index contributed by atoms with van der Waals surface area (Å²) in [5, 5.41) is 0. The molecule has 0 atom stereocenters. The number of hydrogen-bond donors (Lipinski definition) is 0. The van der Waals surface area contributed by atoms with Crippen molar-refractivity contribution in [3.63, 3.8) is 0 Å². The van der Waals surface area contributed by atoms with Crippen LogP contribution < -0.4 is 4.74 Å². The predicted molar refractivity (Wildman–Crippen MR) is 58.9 cm³/mol. The van der Waals surface area contributed by atoms with Crippen LogP contribution in [0.5, 0.6) is 5.75 Å². The van der Waals surface area contributed by atoms with Crippen molar-refractivity contribution in [2.45, 2.75) is 13.3 Å². The summed E-state index contributed by atoms with van der Waals surface area (Å²) in [5.74, 6) is 5.82. The lowest BCUT2D eigenvalue weighted by Crippen LogP contribution is -2.01. The van der Waals surface area contributed by atoms with Crippen molar-refractivity contribution < 1.29 is 14.3 Å². The van der Waals surface area contributed by atoms with Gasteiger partial charge in [-0.3, -0.25) is 4.79 Å². The molecule has 0 aliphatic heterocycles. The van der Waals surface area contributed by atoms with Crippen LogP contribution in [-0.2, 0) is 9.53 Å². The van der Waals surface area contributed by atoms with E-state index in [-0.39, 0.29) is 12.4 Å². The average Bonchev–Trinajstić information content (AvgIpc) is 2.30. The first kappa shape index (κ1) is 12.1. The van der Waals surface area contributed by atoms with Crippen molar-refractivity contribution in [1.82, 2.24) is 4.98 Å². The molecule has 0 saturated heterocycles. The largest absolute Gasteiger partial charge is 0.495 e. The van der Waals surface area contributed by atoms with Crippen LogP contribution in [0.3, 0.4) is 0 Å². The summed E-state index contributed by atoms with van der Waals surface area (Å²) >= 11 is 0. The third-order valence-corrected chi connectivity index (χ3v) is 1.73. The van der Waals surface area contributed by atoms with E-state index in [2.05, 4.69) is 16.8 Å². The normalized spacial score (nSPS) is 8.88. The first-order chi connectivity index (χ1) is 7.76. The molecule has 0 aromatic carbocycles. The third-order valence-electron chi connectivity index (χ3n) is 1.73. The van der Waals surface area contributed by atoms with Gasteiger partial charge in [0.05, 0.1) is 19.9 Å². The Morgan fingerprint density at radius 2 is 2.31 bits per heavy atom. The zero-order chi connectivity index (χ0) is 11.8. The van der Waals surface area contributed by atoms with Gasteiger partial charge in [0.2, 0.25) is 0 Å². The molecule has 0 aliphatic carbocycles. The molecule has 4 nitrogen and oxygen atoms in total. The number of pyridine rings is 1. The van der Waals surface area contributed by atoms with Gasteiger partial charge in [0.1, 0.15) is 17.9 Å². The molecule has 4 heteroatoms. The van der Waals surface area contributed by atoms with Crippen LogP contribution in [0.2, 0.25) is 0 Å². The zero-order valence-electron chi connectivity index (χ0n) is 9.32. The first-order valence-corrected chi connectivity index (χ1v) is 4.90. The van der Waals surface area contributed by atoms with Crippen molar-refractivity contribution in [2.75, 3.05) is 13.7 Å². The molecule has 1 aromatic rings. The number of ether oxygens (including phenoxy) is 2. The number of esters is 1. The maximum absolute atomic E-state index is 11.0. The highest BCUT2D eigenvalue weighted by Crippen LogP contribution is 2.06. The van der Waals surface area contributed by atoms with Crippen molar-refractivity contribution >= 4 is 5.97 Å². The minimum absolute atomic E-state index is 0.0849. The van der Waals surface area contributed by atoms with Gasteiger partial charge in [-0.1, -0.05) is 5.92 Å². The van der Waals surface area contributed by atoms with E-state index < -0.39 is 0 Å². The quantitative estimate of drug-likeness (QED) is 0.569. The Labute approximate surface area is 94.6 Å². The van der Waals surface area contributed by atoms with Gasteiger partial charge in [0.25, 0.3) is 0 Å². The lowest BCUT2D eigenvalue weighted by molar-refractivity contribution is -0.141. The summed E-state index contributed by atoms with van der Waals surface area (Å²) < 4.78 is 9.69. The molecule has 84 valence electrons. The number of methoxy groups -OCH3 is 1. The van der Waals surface area contributed by atoms with Crippen molar-refractivity contribution in [3.8, 4) is 17.6 Å². The molecule has 1 aromatic heterocycles. The molecule has 0 N–H and O–H groups in total. The van der Waals surface area contributed by atoms with Crippen LogP contribution in [0, 0.1) is 11.8 Å². The van der Waals surface area contributed by atoms with E-state index >= 15 is 0 Å². The van der Waals surface area contributed by atoms with Gasteiger partial charge in [-0.05, 0) is 25.0 Å². The molecule has 0 spiro atoms. The molecule has 1 rings (SSSR count). The van der Waals surface area contributed by atoms with Crippen molar-refractivity contribution in [3.05, 3.63) is 24.0 Å². The third kappa shape index (κ3) is 4.01. The summed E-state index contributed by atoms with van der Waals surface area (Å²) in [6.45, 7) is 2.14. The second kappa shape index (κ2) is 6.46. The van der Waals surface area contributed by atoms with Crippen molar-refractivity contribution in [2.24, 2.45) is 0 Å². The standard InChI is InChI=1S/C12H13NO3/c1-3-16-12(14)6-4-5-10-7-8-11(15-2)9-13-10/h7-9H,3,6H2,1-2H3. The van der Waals surface area contributed by atoms with E-state index in [4.69, 9.17) is 9.47 Å². The van der Waals surface area contributed by atoms with E-state index in [9.17, 15) is 4.79 Å². The smallest absolute Gasteiger partial charge is 0.317 e. The fraction of sp³-hybridized carbons (Fsp3) is 0.333. The minimum atomic E-state index is -0.316. The zero-order valence-corrected chi connectivity index (χ0v) is 9.32. The van der Waals surface area contributed by atoms with Crippen LogP contribution in [0.1, 0.15) is 19.0 Å². The van der Waals surface area contributed by atoms with Crippen molar-refractivity contribution in [1.29, 1.82) is 0 Å². The van der Waals surface area contributed by atoms with Gasteiger partial charge in [-0.15, -0.1) is 0 Å². The summed E-state index contributed by atoms with van der Waals surface area (Å²) in [7, 11) is 1.57. The van der Waals surface area contributed by atoms with Gasteiger partial charge < -0.3 is 9.47 Å². The van der Waals surface area contributed by atoms with Gasteiger partial charge >= 0.3 is 5.97 Å². The monoisotopic (exact) mass is 219 g/mol. The number of aromatic nitrogens is 1. The maximum atomic E-state index is 11.0. The van der Waals surface area contributed by atoms with E-state index in [1.54, 1.807) is 32.4 Å². The highest BCUT2D eigenvalue weighted by molar-refractivity contribution is 5.72. The fourth-order valence-corrected chi connectivity index (χ4v) is 0.994. The topological polar surface area (TPSA) is 48.4 Å². The lowest BCUT2D eigenvalue weighted by Gasteiger charge is -1.97. The second-order valence-electron chi connectivity index (χ2n) is 2.87. The Kier molecular flexibility index (Phi) is 4.87. The number of hydrogen-bond acceptors (Lipinski definition) is 4. The summed E-state index contributed by atoms with van der Waals surface area (Å²) in [5.41, 5.74) is 0.602. The van der Waals surface area contributed by atoms with E-state index in [0.29, 0.717) is 18.1 Å². The Morgan fingerprint density at radius 1 is 1.50 bits per heavy atom. The predicted octanol–water partition coefficient (Wildman–Crippen LogP) is 1.39. The molecule has 16 heavy (non-hydrogen) atoms. The summed E-state index contributed by atoms with van der Waals surface area (Å²) in [6.07, 6.45) is 1.66. The molecule has 0 saturated carbocycles. The minimum Gasteiger partial charge on any atom is -0.495 e. The van der Waals surface area contributed by atoms with E-state index in [1.165, 1.54) is 0 Å². The SMILES string of the molecule is CCOC(=O)CC#Cc1ccc(OC)cn1. The number of carbonyl (C=O) groups is 1. The number of nitrogens with zero attached hydrogens (tertiary/aromatic N) is 1. The van der Waals surface area contributed by atoms with E-state index in [0.717, 1.165) is 0 Å². The molecule has 0 amide bonds. The van der Waals surface area contributed by atoms with Crippen LogP contribution >= 0.6 is 0 Å². The van der Waals surface area contributed by atoms with Gasteiger partial charge in [0, 0.05) is 0 Å². The number of carbonyl (C=O) groups excluding carboxylic acids is 1. The Hall–Kier alpha value is -2.02. The Bertz CT molecular complexity index is 401. The van der Waals surface area contributed by atoms with Crippen LogP contribution in [-0.4, -0.2) is 24.7 Å². The molecule has 0 unspecified atom stereocenters. The summed E-state index contributed by atoms with van der Waals surface area (Å²) in [4.78, 5) is 15.0. The fourth-order valence-electron chi connectivity index (χ4n) is 0.994. The highest BCUT2D eigenvalue weighted by Gasteiger charge is 1.96. The van der Waals surface area contributed by atoms with Gasteiger partial charge in [-0.25, -0.2) is 4.98 Å². The second-order valence-corrected chi connectivity index (χ2v) is 2.87. The van der Waals surface area contributed by atoms with Crippen LogP contribution in [0.25, 0.3) is 0 Å². The molecule has 1 heterocycles. The van der Waals surface area contributed by atoms with E-state index in [1.807, 2.05) is 0 Å². The lowest BCUT2D eigenvalue weighted by atomic mass is 10.3. The highest BCUT2D eigenvalue weighted by atomic mass is 16.5. The molecule has 0 aliphatic rings.